The summed E-state index contributed by atoms with van der Waals surface area (Å²) in [5, 5.41) is 0. The molecule has 0 nitrogen and oxygen atoms in total. The summed E-state index contributed by atoms with van der Waals surface area (Å²) in [5.41, 5.74) is 0. The van der Waals surface area contributed by atoms with Crippen LogP contribution in [-0.2, 0) is 0 Å². The molecule has 8 heavy (non-hydrogen) atoms. The minimum absolute atomic E-state index is 0.0787. The zero-order valence-electron chi connectivity index (χ0n) is 6.82. The van der Waals surface area contributed by atoms with Crippen molar-refractivity contribution in [1.29, 1.82) is 0 Å². The van der Waals surface area contributed by atoms with Gasteiger partial charge in [-0.15, -0.1) is 0 Å². The zero-order valence-corrected chi connectivity index (χ0v) is 5.82. The molecule has 0 aromatic rings. The first-order valence-electron chi connectivity index (χ1n) is 3.73. The summed E-state index contributed by atoms with van der Waals surface area (Å²) >= 11 is 0. The van der Waals surface area contributed by atoms with E-state index in [-0.39, 0.29) is 5.92 Å². The Bertz CT molecular complexity index is 63.3. The smallest absolute Gasteiger partial charge is 0.0924 e. The number of halogens is 1. The van der Waals surface area contributed by atoms with Crippen molar-refractivity contribution >= 4 is 0 Å². The van der Waals surface area contributed by atoms with E-state index in [2.05, 4.69) is 0 Å². The molecule has 0 N–H and O–H groups in total. The van der Waals surface area contributed by atoms with Gasteiger partial charge in [-0.2, -0.15) is 0 Å². The van der Waals surface area contributed by atoms with Gasteiger partial charge in [0.05, 0.1) is 8.02 Å². The second-order valence-corrected chi connectivity index (χ2v) is 2.44. The molecule has 0 fully saturated rings. The Kier molecular flexibility index (Phi) is 2.93. The highest BCUT2D eigenvalue weighted by atomic mass is 19.1. The second kappa shape index (κ2) is 3.88. The maximum atomic E-state index is 12.3. The topological polar surface area (TPSA) is 0 Å². The van der Waals surface area contributed by atoms with E-state index in [0.29, 0.717) is 5.92 Å². The van der Waals surface area contributed by atoms with E-state index in [4.69, 9.17) is 1.37 Å². The van der Waals surface area contributed by atoms with E-state index in [1.165, 1.54) is 0 Å². The Balaban J connectivity index is 3.68. The highest BCUT2D eigenvalue weighted by Gasteiger charge is 2.08. The molecule has 0 aromatic carbocycles. The van der Waals surface area contributed by atoms with E-state index in [1.54, 1.807) is 0 Å². The second-order valence-electron chi connectivity index (χ2n) is 2.44. The number of alkyl halides is 1. The maximum absolute atomic E-state index is 12.3. The van der Waals surface area contributed by atoms with Crippen LogP contribution in [0.3, 0.4) is 0 Å². The largest absolute Gasteiger partial charge is 0.251 e. The summed E-state index contributed by atoms with van der Waals surface area (Å²) in [6, 6.07) is 0. The monoisotopic (exact) mass is 119 g/mol. The van der Waals surface area contributed by atoms with Gasteiger partial charge in [-0.05, 0) is 11.8 Å². The Hall–Kier alpha value is -0.0700. The predicted molar refractivity (Wildman–Crippen MR) is 34.6 cm³/mol. The molecule has 0 aliphatic rings. The Labute approximate surface area is 52.5 Å². The van der Waals surface area contributed by atoms with Crippen molar-refractivity contribution in [1.82, 2.24) is 0 Å². The lowest BCUT2D eigenvalue weighted by Gasteiger charge is -2.13. The first kappa shape index (κ1) is 6.06. The lowest BCUT2D eigenvalue weighted by molar-refractivity contribution is 0.281. The predicted octanol–water partition coefficient (Wildman–Crippen LogP) is 2.64. The lowest BCUT2D eigenvalue weighted by Crippen LogP contribution is -2.08. The fourth-order valence-corrected chi connectivity index (χ4v) is 0.706. The van der Waals surface area contributed by atoms with Crippen molar-refractivity contribution in [3.63, 3.8) is 0 Å². The van der Waals surface area contributed by atoms with E-state index in [0.717, 1.165) is 6.42 Å². The SMILES string of the molecule is [2H]C(F)C(CC)C(C)C. The molecule has 0 aromatic heterocycles. The van der Waals surface area contributed by atoms with Crippen LogP contribution >= 0.6 is 0 Å². The lowest BCUT2D eigenvalue weighted by atomic mass is 9.95. The Morgan fingerprint density at radius 2 is 2.12 bits per heavy atom. The van der Waals surface area contributed by atoms with Gasteiger partial charge >= 0.3 is 0 Å². The minimum Gasteiger partial charge on any atom is -0.251 e. The highest BCUT2D eigenvalue weighted by Crippen LogP contribution is 2.14. The van der Waals surface area contributed by atoms with Gasteiger partial charge in [0.25, 0.3) is 0 Å². The third-order valence-corrected chi connectivity index (χ3v) is 1.49. The van der Waals surface area contributed by atoms with Gasteiger partial charge in [-0.1, -0.05) is 27.2 Å². The molecule has 0 saturated heterocycles. The van der Waals surface area contributed by atoms with Crippen LogP contribution in [0.5, 0.6) is 0 Å². The van der Waals surface area contributed by atoms with Crippen LogP contribution in [-0.4, -0.2) is 6.65 Å². The first-order chi connectivity index (χ1) is 4.09. The van der Waals surface area contributed by atoms with Crippen LogP contribution in [0.1, 0.15) is 28.6 Å². The van der Waals surface area contributed by atoms with Crippen LogP contribution in [0.4, 0.5) is 4.39 Å². The quantitative estimate of drug-likeness (QED) is 0.535. The van der Waals surface area contributed by atoms with Gasteiger partial charge in [0.15, 0.2) is 0 Å². The third kappa shape index (κ3) is 2.29. The van der Waals surface area contributed by atoms with Crippen molar-refractivity contribution in [3.05, 3.63) is 0 Å². The van der Waals surface area contributed by atoms with Crippen molar-refractivity contribution in [2.24, 2.45) is 11.8 Å². The van der Waals surface area contributed by atoms with Gasteiger partial charge < -0.3 is 0 Å². The standard InChI is InChI=1S/C7H15F/c1-4-7(5-8)6(2)3/h6-7H,4-5H2,1-3H3/i5D. The van der Waals surface area contributed by atoms with Gasteiger partial charge in [0.2, 0.25) is 0 Å². The molecular weight excluding hydrogens is 103 g/mol. The summed E-state index contributed by atoms with van der Waals surface area (Å²) in [7, 11) is 0. The molecule has 0 aliphatic heterocycles. The van der Waals surface area contributed by atoms with Crippen LogP contribution < -0.4 is 0 Å². The average molecular weight is 119 g/mol. The van der Waals surface area contributed by atoms with Gasteiger partial charge in [0.1, 0.15) is 0 Å². The summed E-state index contributed by atoms with van der Waals surface area (Å²) in [5.74, 6) is 0.215. The number of rotatable bonds is 3. The number of hydrogen-bond donors (Lipinski definition) is 0. The van der Waals surface area contributed by atoms with Crippen molar-refractivity contribution < 1.29 is 5.76 Å². The van der Waals surface area contributed by atoms with E-state index in [1.807, 2.05) is 20.8 Å². The van der Waals surface area contributed by atoms with Crippen molar-refractivity contribution in [3.8, 4) is 0 Å². The molecule has 0 heterocycles. The average Bonchev–Trinajstić information content (AvgIpc) is 1.64. The van der Waals surface area contributed by atoms with Gasteiger partial charge in [0, 0.05) is 0 Å². The maximum Gasteiger partial charge on any atom is 0.0924 e. The molecule has 0 radical (unpaired) electrons. The fraction of sp³-hybridized carbons (Fsp3) is 1.00. The molecule has 2 unspecified atom stereocenters. The van der Waals surface area contributed by atoms with Crippen LogP contribution in [0.15, 0.2) is 0 Å². The molecule has 0 bridgehead atoms. The van der Waals surface area contributed by atoms with Gasteiger partial charge in [-0.3, -0.25) is 4.39 Å². The molecule has 1 heteroatoms. The van der Waals surface area contributed by atoms with E-state index in [9.17, 15) is 4.39 Å². The summed E-state index contributed by atoms with van der Waals surface area (Å²) in [6.07, 6.45) is 0.766. The molecule has 0 saturated carbocycles. The fourth-order valence-electron chi connectivity index (χ4n) is 0.706. The highest BCUT2D eigenvalue weighted by molar-refractivity contribution is 4.57. The zero-order chi connectivity index (χ0) is 7.44. The number of hydrogen-bond acceptors (Lipinski definition) is 0. The molecule has 0 spiro atoms. The molecule has 0 rings (SSSR count). The Morgan fingerprint density at radius 1 is 1.62 bits per heavy atom. The van der Waals surface area contributed by atoms with Crippen LogP contribution in [0.25, 0.3) is 0 Å². The Morgan fingerprint density at radius 3 is 2.12 bits per heavy atom. The minimum atomic E-state index is -1.39. The van der Waals surface area contributed by atoms with Gasteiger partial charge in [-0.25, -0.2) is 0 Å². The normalized spacial score (nSPS) is 20.4. The van der Waals surface area contributed by atoms with E-state index >= 15 is 0 Å². The molecular formula is C7H15F. The first-order valence-corrected chi connectivity index (χ1v) is 3.15. The molecule has 50 valence electrons. The van der Waals surface area contributed by atoms with Crippen molar-refractivity contribution in [2.45, 2.75) is 27.2 Å². The van der Waals surface area contributed by atoms with Crippen molar-refractivity contribution in [2.75, 3.05) is 6.65 Å². The molecule has 0 aliphatic carbocycles. The summed E-state index contributed by atoms with van der Waals surface area (Å²) in [6.45, 7) is 4.44. The molecule has 2 atom stereocenters. The third-order valence-electron chi connectivity index (χ3n) is 1.49. The summed E-state index contributed by atoms with van der Waals surface area (Å²) in [4.78, 5) is 0. The van der Waals surface area contributed by atoms with Crippen LogP contribution in [0, 0.1) is 11.8 Å². The summed E-state index contributed by atoms with van der Waals surface area (Å²) < 4.78 is 19.1. The van der Waals surface area contributed by atoms with E-state index < -0.39 is 6.65 Å². The van der Waals surface area contributed by atoms with Crippen LogP contribution in [0.2, 0.25) is 0 Å². The molecule has 0 amide bonds.